The third kappa shape index (κ3) is 4.26. The Hall–Kier alpha value is -2.54. The lowest BCUT2D eigenvalue weighted by molar-refractivity contribution is -0.138. The maximum Gasteiger partial charge on any atom is 0.416 e. The number of carboxylic acids is 1. The number of hydrogen-bond donors (Lipinski definition) is 2. The SMILES string of the molecule is O=C(O)c1cccc(C(=O)NCc2ccc(Cl)cc2C(F)(F)F)c1. The normalized spacial score (nSPS) is 11.2. The smallest absolute Gasteiger partial charge is 0.416 e. The summed E-state index contributed by atoms with van der Waals surface area (Å²) in [6.07, 6.45) is -4.60. The molecule has 0 aromatic heterocycles. The van der Waals surface area contributed by atoms with Crippen molar-refractivity contribution in [2.24, 2.45) is 0 Å². The first-order valence-corrected chi connectivity index (χ1v) is 7.03. The van der Waals surface area contributed by atoms with Crippen LogP contribution in [0.3, 0.4) is 0 Å². The summed E-state index contributed by atoms with van der Waals surface area (Å²) < 4.78 is 38.9. The van der Waals surface area contributed by atoms with Crippen molar-refractivity contribution >= 4 is 23.5 Å². The molecule has 1 amide bonds. The number of alkyl halides is 3. The highest BCUT2D eigenvalue weighted by Gasteiger charge is 2.33. The zero-order valence-electron chi connectivity index (χ0n) is 12.0. The molecule has 0 aliphatic heterocycles. The molecular weight excluding hydrogens is 347 g/mol. The molecule has 0 spiro atoms. The maximum absolute atomic E-state index is 13.0. The van der Waals surface area contributed by atoms with Gasteiger partial charge in [0.15, 0.2) is 0 Å². The number of rotatable bonds is 4. The standard InChI is InChI=1S/C16H11ClF3NO3/c17-12-5-4-11(13(7-12)16(18,19)20)8-21-14(22)9-2-1-3-10(6-9)15(23)24/h1-7H,8H2,(H,21,22)(H,23,24). The minimum absolute atomic E-state index is 0.0393. The first kappa shape index (κ1) is 17.8. The van der Waals surface area contributed by atoms with Crippen molar-refractivity contribution in [1.82, 2.24) is 5.32 Å². The molecule has 2 aromatic rings. The number of benzene rings is 2. The fraction of sp³-hybridized carbons (Fsp3) is 0.125. The van der Waals surface area contributed by atoms with Crippen LogP contribution in [-0.2, 0) is 12.7 Å². The van der Waals surface area contributed by atoms with Crippen LogP contribution in [0.5, 0.6) is 0 Å². The van der Waals surface area contributed by atoms with Gasteiger partial charge in [0.1, 0.15) is 0 Å². The van der Waals surface area contributed by atoms with E-state index >= 15 is 0 Å². The van der Waals surface area contributed by atoms with E-state index in [9.17, 15) is 22.8 Å². The predicted octanol–water partition coefficient (Wildman–Crippen LogP) is 3.99. The van der Waals surface area contributed by atoms with E-state index in [0.717, 1.165) is 12.1 Å². The average Bonchev–Trinajstić information content (AvgIpc) is 2.52. The number of carbonyl (C=O) groups is 2. The van der Waals surface area contributed by atoms with Crippen molar-refractivity contribution in [3.05, 3.63) is 69.7 Å². The van der Waals surface area contributed by atoms with Crippen LogP contribution in [0.15, 0.2) is 42.5 Å². The van der Waals surface area contributed by atoms with Crippen molar-refractivity contribution in [2.45, 2.75) is 12.7 Å². The Labute approximate surface area is 139 Å². The van der Waals surface area contributed by atoms with E-state index in [1.54, 1.807) is 0 Å². The molecule has 24 heavy (non-hydrogen) atoms. The lowest BCUT2D eigenvalue weighted by Gasteiger charge is -2.14. The lowest BCUT2D eigenvalue weighted by Crippen LogP contribution is -2.24. The Bertz CT molecular complexity index is 790. The number of aromatic carboxylic acids is 1. The fourth-order valence-electron chi connectivity index (χ4n) is 2.04. The molecule has 2 N–H and O–H groups in total. The molecule has 2 aromatic carbocycles. The number of carbonyl (C=O) groups excluding carboxylic acids is 1. The van der Waals surface area contributed by atoms with Gasteiger partial charge in [0.25, 0.3) is 5.91 Å². The molecule has 0 fully saturated rings. The first-order chi connectivity index (χ1) is 11.2. The van der Waals surface area contributed by atoms with Crippen LogP contribution in [0.1, 0.15) is 31.8 Å². The summed E-state index contributed by atoms with van der Waals surface area (Å²) >= 11 is 5.59. The van der Waals surface area contributed by atoms with Crippen LogP contribution in [0.25, 0.3) is 0 Å². The summed E-state index contributed by atoms with van der Waals surface area (Å²) in [4.78, 5) is 22.9. The molecule has 126 valence electrons. The minimum atomic E-state index is -4.60. The summed E-state index contributed by atoms with van der Waals surface area (Å²) in [5, 5.41) is 11.2. The highest BCUT2D eigenvalue weighted by molar-refractivity contribution is 6.30. The van der Waals surface area contributed by atoms with E-state index in [1.807, 2.05) is 0 Å². The molecule has 2 rings (SSSR count). The van der Waals surface area contributed by atoms with Crippen LogP contribution in [0.4, 0.5) is 13.2 Å². The van der Waals surface area contributed by atoms with Crippen molar-refractivity contribution in [1.29, 1.82) is 0 Å². The second kappa shape index (κ2) is 6.92. The second-order valence-corrected chi connectivity index (χ2v) is 5.30. The van der Waals surface area contributed by atoms with Crippen LogP contribution in [0.2, 0.25) is 5.02 Å². The molecule has 0 unspecified atom stereocenters. The Morgan fingerprint density at radius 3 is 2.38 bits per heavy atom. The maximum atomic E-state index is 13.0. The molecule has 0 aliphatic carbocycles. The molecule has 0 atom stereocenters. The third-order valence-electron chi connectivity index (χ3n) is 3.19. The second-order valence-electron chi connectivity index (χ2n) is 4.87. The third-order valence-corrected chi connectivity index (χ3v) is 3.42. The van der Waals surface area contributed by atoms with E-state index in [-0.39, 0.29) is 28.3 Å². The number of nitrogens with one attached hydrogen (secondary N) is 1. The number of amides is 1. The minimum Gasteiger partial charge on any atom is -0.478 e. The van der Waals surface area contributed by atoms with E-state index in [0.29, 0.717) is 0 Å². The van der Waals surface area contributed by atoms with E-state index in [1.165, 1.54) is 30.3 Å². The monoisotopic (exact) mass is 357 g/mol. The zero-order valence-corrected chi connectivity index (χ0v) is 12.8. The summed E-state index contributed by atoms with van der Waals surface area (Å²) in [5.41, 5.74) is -1.13. The molecule has 0 bridgehead atoms. The fourth-order valence-corrected chi connectivity index (χ4v) is 2.21. The first-order valence-electron chi connectivity index (χ1n) is 6.65. The molecule has 0 saturated carbocycles. The summed E-state index contributed by atoms with van der Waals surface area (Å²) in [6, 6.07) is 8.46. The van der Waals surface area contributed by atoms with Crippen LogP contribution in [0, 0.1) is 0 Å². The van der Waals surface area contributed by atoms with Crippen molar-refractivity contribution < 1.29 is 27.9 Å². The largest absolute Gasteiger partial charge is 0.478 e. The van der Waals surface area contributed by atoms with E-state index < -0.39 is 23.6 Å². The zero-order chi connectivity index (χ0) is 17.9. The number of halogens is 4. The summed E-state index contributed by atoms with van der Waals surface area (Å²) in [7, 11) is 0. The Kier molecular flexibility index (Phi) is 5.14. The Balaban J connectivity index is 2.18. The molecule has 4 nitrogen and oxygen atoms in total. The average molecular weight is 358 g/mol. The highest BCUT2D eigenvalue weighted by Crippen LogP contribution is 2.33. The number of carboxylic acid groups (broad SMARTS) is 1. The molecular formula is C16H11ClF3NO3. The number of hydrogen-bond acceptors (Lipinski definition) is 2. The van der Waals surface area contributed by atoms with E-state index in [4.69, 9.17) is 16.7 Å². The molecule has 0 heterocycles. The van der Waals surface area contributed by atoms with Crippen molar-refractivity contribution in [3.63, 3.8) is 0 Å². The van der Waals surface area contributed by atoms with Crippen molar-refractivity contribution in [2.75, 3.05) is 0 Å². The van der Waals surface area contributed by atoms with Gasteiger partial charge in [-0.05, 0) is 35.9 Å². The van der Waals surface area contributed by atoms with E-state index in [2.05, 4.69) is 5.32 Å². The van der Waals surface area contributed by atoms with Gasteiger partial charge in [0.05, 0.1) is 11.1 Å². The predicted molar refractivity (Wildman–Crippen MR) is 81.0 cm³/mol. The lowest BCUT2D eigenvalue weighted by atomic mass is 10.1. The summed E-state index contributed by atoms with van der Waals surface area (Å²) in [5.74, 6) is -1.89. The van der Waals surface area contributed by atoms with Gasteiger partial charge in [0, 0.05) is 17.1 Å². The van der Waals surface area contributed by atoms with Crippen molar-refractivity contribution in [3.8, 4) is 0 Å². The van der Waals surface area contributed by atoms with Gasteiger partial charge >= 0.3 is 12.1 Å². The van der Waals surface area contributed by atoms with Gasteiger partial charge in [-0.25, -0.2) is 4.79 Å². The Morgan fingerprint density at radius 1 is 1.08 bits per heavy atom. The molecule has 0 aliphatic rings. The quantitative estimate of drug-likeness (QED) is 0.869. The van der Waals surface area contributed by atoms with Gasteiger partial charge in [-0.15, -0.1) is 0 Å². The van der Waals surface area contributed by atoms with Gasteiger partial charge in [-0.1, -0.05) is 23.7 Å². The summed E-state index contributed by atoms with van der Waals surface area (Å²) in [6.45, 7) is -0.373. The van der Waals surface area contributed by atoms with Gasteiger partial charge in [0.2, 0.25) is 0 Å². The van der Waals surface area contributed by atoms with Gasteiger partial charge in [-0.2, -0.15) is 13.2 Å². The molecule has 0 saturated heterocycles. The topological polar surface area (TPSA) is 66.4 Å². The Morgan fingerprint density at radius 2 is 1.75 bits per heavy atom. The van der Waals surface area contributed by atoms with Gasteiger partial charge < -0.3 is 10.4 Å². The van der Waals surface area contributed by atoms with Crippen LogP contribution < -0.4 is 5.32 Å². The van der Waals surface area contributed by atoms with Gasteiger partial charge in [-0.3, -0.25) is 4.79 Å². The molecule has 8 heteroatoms. The van der Waals surface area contributed by atoms with Crippen LogP contribution >= 0.6 is 11.6 Å². The highest BCUT2D eigenvalue weighted by atomic mass is 35.5. The molecule has 0 radical (unpaired) electrons. The van der Waals surface area contributed by atoms with Crippen LogP contribution in [-0.4, -0.2) is 17.0 Å².